The van der Waals surface area contributed by atoms with E-state index in [4.69, 9.17) is 36.5 Å². The fourth-order valence-electron chi connectivity index (χ4n) is 2.83. The van der Waals surface area contributed by atoms with Crippen molar-refractivity contribution in [2.75, 3.05) is 40.0 Å². The summed E-state index contributed by atoms with van der Waals surface area (Å²) in [6, 6.07) is 13.7. The summed E-state index contributed by atoms with van der Waals surface area (Å²) in [6.07, 6.45) is 1.12. The number of methoxy groups -OCH3 is 1. The number of hydrogen-bond acceptors (Lipinski definition) is 7. The molecule has 0 fully saturated rings. The number of nitrogens with zero attached hydrogens (tertiary/aromatic N) is 3. The van der Waals surface area contributed by atoms with Crippen molar-refractivity contribution < 1.29 is 24.5 Å². The van der Waals surface area contributed by atoms with E-state index in [0.717, 1.165) is 45.6 Å². The Bertz CT molecular complexity index is 1100. The smallest absolute Gasteiger partial charge is 0.328 e. The molecule has 0 aliphatic carbocycles. The third kappa shape index (κ3) is 8.66. The van der Waals surface area contributed by atoms with E-state index >= 15 is 0 Å². The first-order valence-corrected chi connectivity index (χ1v) is 11.5. The number of thioether (sulfide) groups is 1. The van der Waals surface area contributed by atoms with Crippen molar-refractivity contribution in [1.82, 2.24) is 4.90 Å². The van der Waals surface area contributed by atoms with Crippen LogP contribution >= 0.6 is 23.4 Å². The molecule has 1 aliphatic heterocycles. The number of rotatable bonds is 7. The molecule has 0 saturated heterocycles. The first kappa shape index (κ1) is 27.1. The molecule has 34 heavy (non-hydrogen) atoms. The highest BCUT2D eigenvalue weighted by molar-refractivity contribution is 8.14. The first-order chi connectivity index (χ1) is 16.2. The maximum atomic E-state index is 9.55. The van der Waals surface area contributed by atoms with Crippen molar-refractivity contribution in [3.05, 3.63) is 70.8 Å². The van der Waals surface area contributed by atoms with E-state index in [0.29, 0.717) is 23.7 Å². The van der Waals surface area contributed by atoms with Crippen LogP contribution in [0.4, 0.5) is 5.69 Å². The number of aliphatic imine (C=N–C) groups is 2. The maximum Gasteiger partial charge on any atom is 0.328 e. The van der Waals surface area contributed by atoms with Crippen LogP contribution in [0.25, 0.3) is 0 Å². The molecular formula is C24H26ClN3O5S. The minimum absolute atomic E-state index is 0.553. The van der Waals surface area contributed by atoms with Crippen LogP contribution in [0.15, 0.2) is 64.6 Å². The lowest BCUT2D eigenvalue weighted by Gasteiger charge is -2.12. The van der Waals surface area contributed by atoms with Gasteiger partial charge in [0.2, 0.25) is 0 Å². The van der Waals surface area contributed by atoms with Gasteiger partial charge >= 0.3 is 11.9 Å². The minimum atomic E-state index is -1.26. The van der Waals surface area contributed by atoms with Crippen molar-refractivity contribution in [2.45, 2.75) is 0 Å². The lowest BCUT2D eigenvalue weighted by atomic mass is 10.00. The molecule has 0 saturated carbocycles. The fraction of sp³-hybridized carbons (Fsp3) is 0.250. The van der Waals surface area contributed by atoms with Gasteiger partial charge < -0.3 is 19.8 Å². The largest absolute Gasteiger partial charge is 0.496 e. The van der Waals surface area contributed by atoms with E-state index in [1.165, 1.54) is 0 Å². The number of hydrogen-bond donors (Lipinski definition) is 2. The van der Waals surface area contributed by atoms with Crippen LogP contribution in [-0.2, 0) is 9.59 Å². The third-order valence-electron chi connectivity index (χ3n) is 4.37. The molecule has 3 rings (SSSR count). The maximum absolute atomic E-state index is 9.55. The van der Waals surface area contributed by atoms with E-state index < -0.39 is 11.9 Å². The summed E-state index contributed by atoms with van der Waals surface area (Å²) in [5.74, 6) is -0.741. The van der Waals surface area contributed by atoms with E-state index in [9.17, 15) is 9.59 Å². The molecule has 2 aromatic carbocycles. The van der Waals surface area contributed by atoms with Gasteiger partial charge in [0.15, 0.2) is 0 Å². The Labute approximate surface area is 207 Å². The number of fused-ring (bicyclic) bond motifs is 1. The molecule has 2 aromatic rings. The topological polar surface area (TPSA) is 112 Å². The molecule has 0 unspecified atom stereocenters. The Morgan fingerprint density at radius 1 is 1.12 bits per heavy atom. The zero-order valence-corrected chi connectivity index (χ0v) is 20.6. The molecule has 0 spiro atoms. The molecule has 0 radical (unpaired) electrons. The van der Waals surface area contributed by atoms with Crippen molar-refractivity contribution in [2.24, 2.45) is 9.98 Å². The number of para-hydroxylation sites is 1. The van der Waals surface area contributed by atoms with Crippen molar-refractivity contribution in [1.29, 1.82) is 0 Å². The van der Waals surface area contributed by atoms with E-state index in [1.54, 1.807) is 18.9 Å². The number of carbonyl (C=O) groups is 2. The summed E-state index contributed by atoms with van der Waals surface area (Å²) in [4.78, 5) is 31.0. The summed E-state index contributed by atoms with van der Waals surface area (Å²) in [6.45, 7) is 1.55. The predicted molar refractivity (Wildman–Crippen MR) is 137 cm³/mol. The van der Waals surface area contributed by atoms with Gasteiger partial charge in [0.25, 0.3) is 0 Å². The number of carboxylic acid groups (broad SMARTS) is 2. The molecule has 180 valence electrons. The number of carboxylic acids is 2. The van der Waals surface area contributed by atoms with Gasteiger partial charge in [-0.2, -0.15) is 0 Å². The number of aliphatic carboxylic acids is 2. The van der Waals surface area contributed by atoms with Crippen LogP contribution < -0.4 is 4.74 Å². The normalized spacial score (nSPS) is 12.7. The lowest BCUT2D eigenvalue weighted by molar-refractivity contribution is -0.134. The molecule has 1 aliphatic rings. The molecule has 0 bridgehead atoms. The Morgan fingerprint density at radius 2 is 1.79 bits per heavy atom. The Hall–Kier alpha value is -3.14. The highest BCUT2D eigenvalue weighted by Crippen LogP contribution is 2.32. The molecule has 10 heteroatoms. The van der Waals surface area contributed by atoms with Crippen LogP contribution in [0.1, 0.15) is 11.1 Å². The summed E-state index contributed by atoms with van der Waals surface area (Å²) >= 11 is 8.02. The Kier molecular flexibility index (Phi) is 10.8. The van der Waals surface area contributed by atoms with Crippen molar-refractivity contribution in [3.63, 3.8) is 0 Å². The summed E-state index contributed by atoms with van der Waals surface area (Å²) in [7, 11) is 5.82. The average molecular weight is 504 g/mol. The highest BCUT2D eigenvalue weighted by Gasteiger charge is 2.19. The SMILES string of the molecule is COc1ccccc1C1=NCC(SCCN(C)C)=Nc2ccc(Cl)cc21.O=C(O)C=CC(=O)O. The van der Waals surface area contributed by atoms with Crippen LogP contribution in [0.5, 0.6) is 5.75 Å². The van der Waals surface area contributed by atoms with Gasteiger partial charge in [-0.05, 0) is 44.4 Å². The summed E-state index contributed by atoms with van der Waals surface area (Å²) < 4.78 is 5.54. The zero-order chi connectivity index (χ0) is 25.1. The zero-order valence-electron chi connectivity index (χ0n) is 19.1. The van der Waals surface area contributed by atoms with E-state index in [2.05, 4.69) is 19.0 Å². The number of ether oxygens (including phenoxy) is 1. The second-order valence-corrected chi connectivity index (χ2v) is 8.80. The van der Waals surface area contributed by atoms with E-state index in [1.807, 2.05) is 42.5 Å². The second kappa shape index (κ2) is 13.5. The Balaban J connectivity index is 0.000000440. The van der Waals surface area contributed by atoms with Crippen LogP contribution in [0.3, 0.4) is 0 Å². The first-order valence-electron chi connectivity index (χ1n) is 10.2. The summed E-state index contributed by atoms with van der Waals surface area (Å²) in [5, 5.41) is 17.3. The monoisotopic (exact) mass is 503 g/mol. The highest BCUT2D eigenvalue weighted by atomic mass is 35.5. The molecule has 0 amide bonds. The minimum Gasteiger partial charge on any atom is -0.496 e. The van der Waals surface area contributed by atoms with Crippen molar-refractivity contribution >= 4 is 51.7 Å². The molecule has 0 aromatic heterocycles. The van der Waals surface area contributed by atoms with Crippen LogP contribution in [0.2, 0.25) is 5.02 Å². The van der Waals surface area contributed by atoms with E-state index in [-0.39, 0.29) is 0 Å². The van der Waals surface area contributed by atoms with Gasteiger partial charge in [-0.25, -0.2) is 14.6 Å². The quantitative estimate of drug-likeness (QED) is 0.543. The van der Waals surface area contributed by atoms with Gasteiger partial charge in [0, 0.05) is 40.6 Å². The predicted octanol–water partition coefficient (Wildman–Crippen LogP) is 4.24. The van der Waals surface area contributed by atoms with Crippen molar-refractivity contribution in [3.8, 4) is 5.75 Å². The van der Waals surface area contributed by atoms with Gasteiger partial charge in [-0.1, -0.05) is 23.7 Å². The molecule has 2 N–H and O–H groups in total. The molecular weight excluding hydrogens is 478 g/mol. The Morgan fingerprint density at radius 3 is 2.41 bits per heavy atom. The number of benzene rings is 2. The molecule has 0 atom stereocenters. The van der Waals surface area contributed by atoms with Crippen LogP contribution in [-0.4, -0.2) is 77.9 Å². The second-order valence-electron chi connectivity index (χ2n) is 7.19. The lowest BCUT2D eigenvalue weighted by Crippen LogP contribution is -2.16. The standard InChI is InChI=1S/C20H22ClN3OS.C4H4O4/c1-24(2)10-11-26-19-13-22-20(15-6-4-5-7-18(15)25-3)16-12-14(21)8-9-17(16)23-19;5-3(6)1-2-4(7)8/h4-9,12H,10-11,13H2,1-3H3;1-2H,(H,5,6)(H,7,8). The summed E-state index contributed by atoms with van der Waals surface area (Å²) in [5.41, 5.74) is 3.65. The average Bonchev–Trinajstić information content (AvgIpc) is 2.97. The number of halogens is 1. The van der Waals surface area contributed by atoms with Gasteiger partial charge in [-0.3, -0.25) is 4.99 Å². The van der Waals surface area contributed by atoms with Gasteiger partial charge in [0.1, 0.15) is 5.75 Å². The fourth-order valence-corrected chi connectivity index (χ4v) is 4.02. The van der Waals surface area contributed by atoms with Gasteiger partial charge in [-0.15, -0.1) is 11.8 Å². The van der Waals surface area contributed by atoms with Crippen LogP contribution in [0, 0.1) is 0 Å². The van der Waals surface area contributed by atoms with Gasteiger partial charge in [0.05, 0.1) is 30.1 Å². The third-order valence-corrected chi connectivity index (χ3v) is 5.54. The molecule has 8 nitrogen and oxygen atoms in total. The molecule has 1 heterocycles.